The van der Waals surface area contributed by atoms with E-state index >= 15 is 0 Å². The number of carbonyl (C=O) groups excluding carboxylic acids is 3. The summed E-state index contributed by atoms with van der Waals surface area (Å²) in [6, 6.07) is 7.64. The minimum absolute atomic E-state index is 0.0882. The maximum Gasteiger partial charge on any atom is 0.225 e. The first-order valence-electron chi connectivity index (χ1n) is 9.94. The van der Waals surface area contributed by atoms with Crippen LogP contribution in [0.2, 0.25) is 0 Å². The lowest BCUT2D eigenvalue weighted by Crippen LogP contribution is -2.48. The predicted octanol–water partition coefficient (Wildman–Crippen LogP) is 1.84. The van der Waals surface area contributed by atoms with Gasteiger partial charge in [-0.3, -0.25) is 14.4 Å². The third-order valence-electron chi connectivity index (χ3n) is 6.57. The van der Waals surface area contributed by atoms with Crippen molar-refractivity contribution >= 4 is 23.8 Å². The van der Waals surface area contributed by atoms with Crippen molar-refractivity contribution in [2.45, 2.75) is 32.1 Å². The fourth-order valence-corrected chi connectivity index (χ4v) is 4.71. The second-order valence-corrected chi connectivity index (χ2v) is 8.25. The van der Waals surface area contributed by atoms with Crippen LogP contribution in [-0.2, 0) is 9.59 Å². The number of amides is 2. The zero-order valence-electron chi connectivity index (χ0n) is 15.7. The average Bonchev–Trinajstić information content (AvgIpc) is 3.08. The van der Waals surface area contributed by atoms with Gasteiger partial charge >= 0.3 is 0 Å². The van der Waals surface area contributed by atoms with Crippen LogP contribution < -0.4 is 10.2 Å². The molecule has 6 nitrogen and oxygen atoms in total. The molecule has 3 aliphatic heterocycles. The third-order valence-corrected chi connectivity index (χ3v) is 6.57. The fraction of sp³-hybridized carbons (Fsp3) is 0.571. The van der Waals surface area contributed by atoms with Gasteiger partial charge in [0.05, 0.1) is 0 Å². The zero-order valence-corrected chi connectivity index (χ0v) is 15.7. The van der Waals surface area contributed by atoms with E-state index in [4.69, 9.17) is 0 Å². The van der Waals surface area contributed by atoms with E-state index in [0.717, 1.165) is 70.4 Å². The maximum atomic E-state index is 12.9. The Labute approximate surface area is 159 Å². The number of aldehydes is 1. The first kappa shape index (κ1) is 18.0. The molecule has 0 radical (unpaired) electrons. The molecule has 1 N–H and O–H groups in total. The molecule has 1 spiro atoms. The highest BCUT2D eigenvalue weighted by Crippen LogP contribution is 2.38. The molecular formula is C21H27N3O3. The van der Waals surface area contributed by atoms with Gasteiger partial charge in [-0.15, -0.1) is 0 Å². The van der Waals surface area contributed by atoms with Gasteiger partial charge < -0.3 is 15.1 Å². The van der Waals surface area contributed by atoms with E-state index in [1.165, 1.54) is 0 Å². The van der Waals surface area contributed by atoms with Crippen LogP contribution in [0.5, 0.6) is 0 Å². The van der Waals surface area contributed by atoms with Crippen LogP contribution in [0.4, 0.5) is 5.69 Å². The van der Waals surface area contributed by atoms with Crippen LogP contribution in [-0.4, -0.2) is 55.7 Å². The number of hydrogen-bond acceptors (Lipinski definition) is 4. The van der Waals surface area contributed by atoms with E-state index in [-0.39, 0.29) is 23.1 Å². The molecule has 0 aliphatic carbocycles. The second kappa shape index (κ2) is 7.33. The van der Waals surface area contributed by atoms with Gasteiger partial charge in [0.25, 0.3) is 0 Å². The summed E-state index contributed by atoms with van der Waals surface area (Å²) in [5, 5.41) is 2.95. The van der Waals surface area contributed by atoms with E-state index in [1.807, 2.05) is 29.2 Å². The Morgan fingerprint density at radius 1 is 1.07 bits per heavy atom. The van der Waals surface area contributed by atoms with E-state index in [1.54, 1.807) is 0 Å². The molecule has 0 saturated carbocycles. The van der Waals surface area contributed by atoms with Gasteiger partial charge in [0.2, 0.25) is 11.8 Å². The predicted molar refractivity (Wildman–Crippen MR) is 103 cm³/mol. The van der Waals surface area contributed by atoms with Crippen LogP contribution in [0.1, 0.15) is 42.5 Å². The number of nitrogens with zero attached hydrogens (tertiary/aromatic N) is 2. The summed E-state index contributed by atoms with van der Waals surface area (Å²) in [6.07, 6.45) is 5.08. The Balaban J connectivity index is 1.28. The van der Waals surface area contributed by atoms with E-state index in [9.17, 15) is 14.4 Å². The molecule has 3 heterocycles. The molecule has 0 bridgehead atoms. The summed E-state index contributed by atoms with van der Waals surface area (Å²) in [5.74, 6) is 0.550. The molecule has 0 unspecified atom stereocenters. The van der Waals surface area contributed by atoms with Crippen molar-refractivity contribution in [3.8, 4) is 0 Å². The Bertz CT molecular complexity index is 715. The molecule has 6 heteroatoms. The largest absolute Gasteiger partial charge is 0.371 e. The molecular weight excluding hydrogens is 342 g/mol. The summed E-state index contributed by atoms with van der Waals surface area (Å²) in [4.78, 5) is 39.6. The van der Waals surface area contributed by atoms with Crippen molar-refractivity contribution in [1.29, 1.82) is 0 Å². The van der Waals surface area contributed by atoms with Crippen LogP contribution in [0.15, 0.2) is 24.3 Å². The van der Waals surface area contributed by atoms with Crippen LogP contribution in [0.3, 0.4) is 0 Å². The number of benzene rings is 1. The Kier molecular flexibility index (Phi) is 4.89. The van der Waals surface area contributed by atoms with Gasteiger partial charge in [-0.05, 0) is 55.4 Å². The van der Waals surface area contributed by atoms with E-state index in [2.05, 4.69) is 10.2 Å². The minimum atomic E-state index is 0.0882. The minimum Gasteiger partial charge on any atom is -0.371 e. The number of piperidine rings is 2. The molecule has 144 valence electrons. The number of carbonyl (C=O) groups is 3. The highest BCUT2D eigenvalue weighted by molar-refractivity contribution is 5.81. The van der Waals surface area contributed by atoms with Crippen molar-refractivity contribution in [2.24, 2.45) is 11.3 Å². The summed E-state index contributed by atoms with van der Waals surface area (Å²) in [5.41, 5.74) is 1.89. The highest BCUT2D eigenvalue weighted by Gasteiger charge is 2.42. The highest BCUT2D eigenvalue weighted by atomic mass is 16.2. The van der Waals surface area contributed by atoms with Gasteiger partial charge in [0.1, 0.15) is 6.29 Å². The lowest BCUT2D eigenvalue weighted by atomic mass is 9.77. The summed E-state index contributed by atoms with van der Waals surface area (Å²) in [7, 11) is 0. The van der Waals surface area contributed by atoms with Crippen molar-refractivity contribution in [3.05, 3.63) is 29.8 Å². The lowest BCUT2D eigenvalue weighted by Gasteiger charge is -2.41. The molecule has 1 aromatic carbocycles. The van der Waals surface area contributed by atoms with Crippen molar-refractivity contribution in [2.75, 3.05) is 37.6 Å². The van der Waals surface area contributed by atoms with Crippen molar-refractivity contribution in [1.82, 2.24) is 10.2 Å². The zero-order chi connectivity index (χ0) is 18.9. The maximum absolute atomic E-state index is 12.9. The van der Waals surface area contributed by atoms with Gasteiger partial charge in [-0.2, -0.15) is 0 Å². The molecule has 2 amide bonds. The van der Waals surface area contributed by atoms with Gasteiger partial charge in [-0.1, -0.05) is 0 Å². The molecule has 1 aromatic rings. The third kappa shape index (κ3) is 3.70. The number of hydrogen-bond donors (Lipinski definition) is 1. The number of nitrogens with one attached hydrogen (secondary N) is 1. The summed E-state index contributed by atoms with van der Waals surface area (Å²) >= 11 is 0. The lowest BCUT2D eigenvalue weighted by molar-refractivity contribution is -0.138. The molecule has 0 aromatic heterocycles. The standard InChI is InChI=1S/C21H27N3O3/c25-14-16-1-3-18(4-2-16)23-9-5-17(6-10-23)20(27)24-11-7-21(8-12-24)13-19(26)22-15-21/h1-4,14,17H,5-13,15H2,(H,22,26). The SMILES string of the molecule is O=Cc1ccc(N2CCC(C(=O)N3CCC4(CC3)CNC(=O)C4)CC2)cc1. The summed E-state index contributed by atoms with van der Waals surface area (Å²) in [6.45, 7) is 4.07. The molecule has 3 saturated heterocycles. The normalized spacial score (nSPS) is 22.7. The average molecular weight is 369 g/mol. The van der Waals surface area contributed by atoms with E-state index in [0.29, 0.717) is 12.0 Å². The van der Waals surface area contributed by atoms with Gasteiger partial charge in [0.15, 0.2) is 0 Å². The fourth-order valence-electron chi connectivity index (χ4n) is 4.71. The quantitative estimate of drug-likeness (QED) is 0.826. The van der Waals surface area contributed by atoms with Gasteiger partial charge in [0, 0.05) is 56.3 Å². The number of anilines is 1. The second-order valence-electron chi connectivity index (χ2n) is 8.25. The molecule has 4 rings (SSSR count). The summed E-state index contributed by atoms with van der Waals surface area (Å²) < 4.78 is 0. The van der Waals surface area contributed by atoms with Crippen LogP contribution >= 0.6 is 0 Å². The number of rotatable bonds is 3. The van der Waals surface area contributed by atoms with Crippen LogP contribution in [0, 0.1) is 11.3 Å². The smallest absolute Gasteiger partial charge is 0.225 e. The molecule has 3 fully saturated rings. The first-order chi connectivity index (χ1) is 13.1. The van der Waals surface area contributed by atoms with Crippen LogP contribution in [0.25, 0.3) is 0 Å². The molecule has 3 aliphatic rings. The van der Waals surface area contributed by atoms with E-state index < -0.39 is 0 Å². The Hall–Kier alpha value is -2.37. The Morgan fingerprint density at radius 2 is 1.74 bits per heavy atom. The topological polar surface area (TPSA) is 69.7 Å². The van der Waals surface area contributed by atoms with Crippen molar-refractivity contribution < 1.29 is 14.4 Å². The molecule has 0 atom stereocenters. The number of likely N-dealkylation sites (tertiary alicyclic amines) is 1. The van der Waals surface area contributed by atoms with Crippen molar-refractivity contribution in [3.63, 3.8) is 0 Å². The molecule has 27 heavy (non-hydrogen) atoms. The van der Waals surface area contributed by atoms with Gasteiger partial charge in [-0.25, -0.2) is 0 Å². The monoisotopic (exact) mass is 369 g/mol. The first-order valence-corrected chi connectivity index (χ1v) is 9.94. The Morgan fingerprint density at radius 3 is 2.30 bits per heavy atom.